The van der Waals surface area contributed by atoms with E-state index in [1.807, 2.05) is 97.6 Å². The van der Waals surface area contributed by atoms with Gasteiger partial charge in [0.25, 0.3) is 5.91 Å². The fourth-order valence-electron chi connectivity index (χ4n) is 4.30. The molecule has 2 atom stereocenters. The van der Waals surface area contributed by atoms with E-state index in [2.05, 4.69) is 10.3 Å². The van der Waals surface area contributed by atoms with E-state index in [-0.39, 0.29) is 17.1 Å². The maximum Gasteiger partial charge on any atom is 0.271 e. The minimum absolute atomic E-state index is 0.0861. The van der Waals surface area contributed by atoms with Crippen LogP contribution in [0, 0.1) is 6.92 Å². The lowest BCUT2D eigenvalue weighted by Gasteiger charge is -2.32. The van der Waals surface area contributed by atoms with Gasteiger partial charge in [-0.05, 0) is 42.7 Å². The first-order chi connectivity index (χ1) is 17.0. The number of para-hydroxylation sites is 2. The Kier molecular flexibility index (Phi) is 6.51. The number of rotatable bonds is 6. The average molecular weight is 483 g/mol. The number of anilines is 1. The van der Waals surface area contributed by atoms with Crippen molar-refractivity contribution in [2.75, 3.05) is 5.32 Å². The Hall–Kier alpha value is -3.71. The number of amides is 2. The second kappa shape index (κ2) is 9.88. The number of nitrogens with zero attached hydrogens (tertiary/aromatic N) is 3. The van der Waals surface area contributed by atoms with Gasteiger partial charge in [-0.3, -0.25) is 14.5 Å². The Morgan fingerprint density at radius 2 is 1.71 bits per heavy atom. The van der Waals surface area contributed by atoms with E-state index < -0.39 is 6.04 Å². The van der Waals surface area contributed by atoms with E-state index in [9.17, 15) is 9.59 Å². The number of hydrogen-bond donors (Lipinski definition) is 1. The number of thioether (sulfide) groups is 1. The van der Waals surface area contributed by atoms with Crippen molar-refractivity contribution in [1.82, 2.24) is 4.90 Å². The summed E-state index contributed by atoms with van der Waals surface area (Å²) in [6.07, 6.45) is 1.13. The number of carbonyl (C=O) groups is 2. The van der Waals surface area contributed by atoms with E-state index in [1.165, 1.54) is 11.8 Å². The highest BCUT2D eigenvalue weighted by Crippen LogP contribution is 2.36. The van der Waals surface area contributed by atoms with Gasteiger partial charge in [-0.15, -0.1) is 0 Å². The van der Waals surface area contributed by atoms with Crippen molar-refractivity contribution in [2.45, 2.75) is 38.0 Å². The maximum absolute atomic E-state index is 13.2. The first kappa shape index (κ1) is 23.1. The molecule has 0 bridgehead atoms. The number of hydrogen-bond acceptors (Lipinski definition) is 5. The smallest absolute Gasteiger partial charge is 0.271 e. The largest absolute Gasteiger partial charge is 0.325 e. The molecule has 0 radical (unpaired) electrons. The Bertz CT molecular complexity index is 1340. The van der Waals surface area contributed by atoms with Gasteiger partial charge in [0, 0.05) is 17.7 Å². The summed E-state index contributed by atoms with van der Waals surface area (Å²) in [5.74, 6) is 0.335. The zero-order valence-electron chi connectivity index (χ0n) is 19.6. The van der Waals surface area contributed by atoms with Crippen LogP contribution in [0.15, 0.2) is 88.8 Å². The summed E-state index contributed by atoms with van der Waals surface area (Å²) < 4.78 is 0. The molecule has 7 heteroatoms. The van der Waals surface area contributed by atoms with Gasteiger partial charge in [0.05, 0.1) is 10.9 Å². The molecule has 35 heavy (non-hydrogen) atoms. The van der Waals surface area contributed by atoms with Crippen molar-refractivity contribution < 1.29 is 9.59 Å². The number of fused-ring (bicyclic) bond motifs is 3. The molecular weight excluding hydrogens is 456 g/mol. The summed E-state index contributed by atoms with van der Waals surface area (Å²) in [7, 11) is 0. The number of aliphatic imine (C=N–C) groups is 2. The van der Waals surface area contributed by atoms with Crippen molar-refractivity contribution in [3.63, 3.8) is 0 Å². The highest BCUT2D eigenvalue weighted by Gasteiger charge is 2.42. The first-order valence-electron chi connectivity index (χ1n) is 11.7. The SMILES string of the molecule is CCC(SC1=Nc2ccccc2C2=NC(=O)C(Cc3ccccc3)N12)C(=O)Nc1ccccc1C. The molecule has 5 rings (SSSR count). The summed E-state index contributed by atoms with van der Waals surface area (Å²) in [5, 5.41) is 3.30. The van der Waals surface area contributed by atoms with Crippen molar-refractivity contribution in [1.29, 1.82) is 0 Å². The quantitative estimate of drug-likeness (QED) is 0.514. The van der Waals surface area contributed by atoms with E-state index in [0.717, 1.165) is 28.1 Å². The van der Waals surface area contributed by atoms with Crippen LogP contribution in [0.1, 0.15) is 30.0 Å². The normalized spacial score (nSPS) is 17.3. The molecule has 6 nitrogen and oxygen atoms in total. The molecule has 2 heterocycles. The molecule has 0 aromatic heterocycles. The van der Waals surface area contributed by atoms with Gasteiger partial charge in [-0.25, -0.2) is 4.99 Å². The minimum Gasteiger partial charge on any atom is -0.325 e. The molecule has 3 aromatic carbocycles. The van der Waals surface area contributed by atoms with E-state index in [4.69, 9.17) is 4.99 Å². The second-order valence-corrected chi connectivity index (χ2v) is 9.75. The van der Waals surface area contributed by atoms with Crippen LogP contribution in [-0.4, -0.2) is 39.0 Å². The Morgan fingerprint density at radius 3 is 2.49 bits per heavy atom. The monoisotopic (exact) mass is 482 g/mol. The molecule has 176 valence electrons. The molecule has 0 saturated carbocycles. The van der Waals surface area contributed by atoms with Gasteiger partial charge in [-0.1, -0.05) is 79.3 Å². The third-order valence-electron chi connectivity index (χ3n) is 6.19. The van der Waals surface area contributed by atoms with Gasteiger partial charge < -0.3 is 5.32 Å². The van der Waals surface area contributed by atoms with Gasteiger partial charge in [0.1, 0.15) is 11.9 Å². The molecule has 0 saturated heterocycles. The number of nitrogens with one attached hydrogen (secondary N) is 1. The van der Waals surface area contributed by atoms with Crippen LogP contribution in [0.2, 0.25) is 0 Å². The average Bonchev–Trinajstić information content (AvgIpc) is 3.20. The van der Waals surface area contributed by atoms with Crippen LogP contribution in [-0.2, 0) is 16.0 Å². The fraction of sp³-hybridized carbons (Fsp3) is 0.214. The molecule has 2 amide bonds. The van der Waals surface area contributed by atoms with Gasteiger partial charge >= 0.3 is 0 Å². The lowest BCUT2D eigenvalue weighted by molar-refractivity contribution is -0.119. The number of benzene rings is 3. The van der Waals surface area contributed by atoms with Gasteiger partial charge in [-0.2, -0.15) is 4.99 Å². The zero-order valence-corrected chi connectivity index (χ0v) is 20.5. The Balaban J connectivity index is 1.46. The summed E-state index contributed by atoms with van der Waals surface area (Å²) >= 11 is 1.39. The minimum atomic E-state index is -0.496. The van der Waals surface area contributed by atoms with Gasteiger partial charge in [0.15, 0.2) is 5.17 Å². The maximum atomic E-state index is 13.2. The van der Waals surface area contributed by atoms with Crippen LogP contribution >= 0.6 is 11.8 Å². The topological polar surface area (TPSA) is 74.1 Å². The van der Waals surface area contributed by atoms with Crippen molar-refractivity contribution >= 4 is 46.0 Å². The number of carbonyl (C=O) groups excluding carboxylic acids is 2. The molecular formula is C28H26N4O2S. The summed E-state index contributed by atoms with van der Waals surface area (Å²) in [5.41, 5.74) is 4.44. The Labute approximate surface area is 209 Å². The van der Waals surface area contributed by atoms with Gasteiger partial charge in [0.2, 0.25) is 5.91 Å². The highest BCUT2D eigenvalue weighted by atomic mass is 32.2. The van der Waals surface area contributed by atoms with Crippen LogP contribution in [0.5, 0.6) is 0 Å². The highest BCUT2D eigenvalue weighted by molar-refractivity contribution is 8.15. The molecule has 3 aromatic rings. The molecule has 2 unspecified atom stereocenters. The van der Waals surface area contributed by atoms with Crippen molar-refractivity contribution in [2.24, 2.45) is 9.98 Å². The van der Waals surface area contributed by atoms with Crippen molar-refractivity contribution in [3.05, 3.63) is 95.6 Å². The zero-order chi connectivity index (χ0) is 24.4. The molecule has 0 aliphatic carbocycles. The third-order valence-corrected chi connectivity index (χ3v) is 7.52. The van der Waals surface area contributed by atoms with Crippen LogP contribution < -0.4 is 5.32 Å². The summed E-state index contributed by atoms with van der Waals surface area (Å²) in [4.78, 5) is 37.6. The van der Waals surface area contributed by atoms with Crippen LogP contribution in [0.25, 0.3) is 0 Å². The van der Waals surface area contributed by atoms with E-state index >= 15 is 0 Å². The lowest BCUT2D eigenvalue weighted by Crippen LogP contribution is -2.45. The second-order valence-electron chi connectivity index (χ2n) is 8.58. The molecule has 2 aliphatic rings. The van der Waals surface area contributed by atoms with Crippen LogP contribution in [0.4, 0.5) is 11.4 Å². The standard InChI is InChI=1S/C28H26N4O2S/c1-3-24(27(34)29-21-15-9-7-11-18(21)2)35-28-30-22-16-10-8-14-20(22)25-31-26(33)23(32(25)28)17-19-12-5-4-6-13-19/h4-16,23-24H,3,17H2,1-2H3,(H,29,34). The van der Waals surface area contributed by atoms with Crippen molar-refractivity contribution in [3.8, 4) is 0 Å². The lowest BCUT2D eigenvalue weighted by atomic mass is 10.0. The summed E-state index contributed by atoms with van der Waals surface area (Å²) in [6, 6.07) is 24.8. The molecule has 0 spiro atoms. The molecule has 0 fully saturated rings. The molecule has 1 N–H and O–H groups in total. The van der Waals surface area contributed by atoms with Crippen LogP contribution in [0.3, 0.4) is 0 Å². The fourth-order valence-corrected chi connectivity index (χ4v) is 5.36. The predicted octanol–water partition coefficient (Wildman–Crippen LogP) is 5.35. The third kappa shape index (κ3) is 4.64. The van der Waals surface area contributed by atoms with E-state index in [1.54, 1.807) is 0 Å². The predicted molar refractivity (Wildman–Crippen MR) is 142 cm³/mol. The number of amidine groups is 2. The van der Waals surface area contributed by atoms with E-state index in [0.29, 0.717) is 23.8 Å². The Morgan fingerprint density at radius 1 is 1.00 bits per heavy atom. The summed E-state index contributed by atoms with van der Waals surface area (Å²) in [6.45, 7) is 3.95. The molecule has 2 aliphatic heterocycles. The number of aryl methyl sites for hydroxylation is 1. The first-order valence-corrected chi connectivity index (χ1v) is 12.6.